The zero-order valence-corrected chi connectivity index (χ0v) is 11.3. The summed E-state index contributed by atoms with van der Waals surface area (Å²) in [5.74, 6) is 1.74. The highest BCUT2D eigenvalue weighted by atomic mass is 15.3. The van der Waals surface area contributed by atoms with Gasteiger partial charge in [-0.3, -0.25) is 4.68 Å². The quantitative estimate of drug-likeness (QED) is 0.882. The van der Waals surface area contributed by atoms with Crippen molar-refractivity contribution in [2.24, 2.45) is 13.0 Å². The van der Waals surface area contributed by atoms with Gasteiger partial charge in [0.25, 0.3) is 0 Å². The van der Waals surface area contributed by atoms with Crippen LogP contribution in [-0.4, -0.2) is 19.7 Å². The molecule has 1 aliphatic carbocycles. The molecule has 18 heavy (non-hydrogen) atoms. The van der Waals surface area contributed by atoms with E-state index >= 15 is 0 Å². The molecule has 3 rings (SSSR count). The van der Waals surface area contributed by atoms with Gasteiger partial charge in [-0.25, -0.2) is 4.98 Å². The summed E-state index contributed by atoms with van der Waals surface area (Å²) in [5.41, 5.74) is 4.79. The van der Waals surface area contributed by atoms with E-state index in [0.29, 0.717) is 0 Å². The molecule has 1 unspecified atom stereocenters. The first-order valence-electron chi connectivity index (χ1n) is 6.78. The average Bonchev–Trinajstić information content (AvgIpc) is 2.91. The van der Waals surface area contributed by atoms with E-state index < -0.39 is 0 Å². The Morgan fingerprint density at radius 3 is 3.06 bits per heavy atom. The van der Waals surface area contributed by atoms with Gasteiger partial charge in [-0.2, -0.15) is 5.10 Å². The van der Waals surface area contributed by atoms with Crippen LogP contribution in [0.4, 0.5) is 0 Å². The van der Waals surface area contributed by atoms with Crippen LogP contribution in [0.25, 0.3) is 11.5 Å². The first-order chi connectivity index (χ1) is 8.67. The molecule has 0 amide bonds. The molecule has 2 heterocycles. The monoisotopic (exact) mass is 244 g/mol. The normalized spacial score (nSPS) is 18.9. The van der Waals surface area contributed by atoms with Crippen molar-refractivity contribution in [2.45, 2.75) is 39.5 Å². The SMILES string of the molecule is CCc1cc(-c2nc3c([nH]2)CC(C)CC3)n(C)n1. The molecule has 0 saturated heterocycles. The Kier molecular flexibility index (Phi) is 2.73. The number of aromatic amines is 1. The highest BCUT2D eigenvalue weighted by Gasteiger charge is 2.20. The van der Waals surface area contributed by atoms with E-state index in [1.807, 2.05) is 11.7 Å². The standard InChI is InChI=1S/C14H20N4/c1-4-10-8-13(18(3)17-10)14-15-11-6-5-9(2)7-12(11)16-14/h8-9H,4-7H2,1-3H3,(H,15,16). The van der Waals surface area contributed by atoms with Crippen LogP contribution < -0.4 is 0 Å². The molecule has 0 fully saturated rings. The van der Waals surface area contributed by atoms with E-state index in [9.17, 15) is 0 Å². The minimum atomic E-state index is 0.767. The largest absolute Gasteiger partial charge is 0.340 e. The number of hydrogen-bond donors (Lipinski definition) is 1. The number of nitrogens with one attached hydrogen (secondary N) is 1. The summed E-state index contributed by atoms with van der Waals surface area (Å²) >= 11 is 0. The molecule has 0 saturated carbocycles. The van der Waals surface area contributed by atoms with Gasteiger partial charge < -0.3 is 4.98 Å². The third-order valence-corrected chi connectivity index (χ3v) is 3.83. The number of aromatic nitrogens is 4. The zero-order chi connectivity index (χ0) is 12.7. The molecule has 2 aromatic heterocycles. The smallest absolute Gasteiger partial charge is 0.156 e. The number of fused-ring (bicyclic) bond motifs is 1. The van der Waals surface area contributed by atoms with Gasteiger partial charge in [0.05, 0.1) is 11.4 Å². The molecule has 4 heteroatoms. The van der Waals surface area contributed by atoms with Crippen LogP contribution in [-0.2, 0) is 26.3 Å². The van der Waals surface area contributed by atoms with Crippen molar-refractivity contribution >= 4 is 0 Å². The van der Waals surface area contributed by atoms with Gasteiger partial charge in [0.15, 0.2) is 5.82 Å². The number of rotatable bonds is 2. The average molecular weight is 244 g/mol. The first-order valence-corrected chi connectivity index (χ1v) is 6.78. The minimum Gasteiger partial charge on any atom is -0.340 e. The van der Waals surface area contributed by atoms with E-state index in [-0.39, 0.29) is 0 Å². The Balaban J connectivity index is 1.99. The lowest BCUT2D eigenvalue weighted by Crippen LogP contribution is -2.10. The second-order valence-electron chi connectivity index (χ2n) is 5.36. The highest BCUT2D eigenvalue weighted by Crippen LogP contribution is 2.27. The van der Waals surface area contributed by atoms with Crippen molar-refractivity contribution in [3.63, 3.8) is 0 Å². The summed E-state index contributed by atoms with van der Waals surface area (Å²) in [5, 5.41) is 4.48. The molecule has 0 spiro atoms. The molecule has 2 aromatic rings. The molecule has 1 N–H and O–H groups in total. The van der Waals surface area contributed by atoms with Crippen LogP contribution in [0.5, 0.6) is 0 Å². The lowest BCUT2D eigenvalue weighted by molar-refractivity contribution is 0.492. The molecule has 96 valence electrons. The molecule has 0 aliphatic heterocycles. The van der Waals surface area contributed by atoms with Crippen LogP contribution in [0.1, 0.15) is 37.4 Å². The lowest BCUT2D eigenvalue weighted by atomic mass is 9.92. The van der Waals surface area contributed by atoms with Crippen molar-refractivity contribution in [2.75, 3.05) is 0 Å². The molecule has 1 aliphatic rings. The molecular weight excluding hydrogens is 224 g/mol. The van der Waals surface area contributed by atoms with Gasteiger partial charge in [0, 0.05) is 12.7 Å². The van der Waals surface area contributed by atoms with Gasteiger partial charge in [0.2, 0.25) is 0 Å². The van der Waals surface area contributed by atoms with E-state index in [1.165, 1.54) is 17.8 Å². The lowest BCUT2D eigenvalue weighted by Gasteiger charge is -2.15. The zero-order valence-electron chi connectivity index (χ0n) is 11.3. The number of nitrogens with zero attached hydrogens (tertiary/aromatic N) is 3. The fourth-order valence-electron chi connectivity index (χ4n) is 2.70. The third kappa shape index (κ3) is 1.85. The fourth-order valence-corrected chi connectivity index (χ4v) is 2.70. The van der Waals surface area contributed by atoms with Crippen LogP contribution in [0.15, 0.2) is 6.07 Å². The molecule has 0 bridgehead atoms. The Hall–Kier alpha value is -1.58. The summed E-state index contributed by atoms with van der Waals surface area (Å²) in [6.45, 7) is 4.43. The predicted octanol–water partition coefficient (Wildman–Crippen LogP) is 2.50. The molecule has 0 aromatic carbocycles. The highest BCUT2D eigenvalue weighted by molar-refractivity contribution is 5.52. The number of H-pyrrole nitrogens is 1. The van der Waals surface area contributed by atoms with E-state index in [2.05, 4.69) is 30.0 Å². The van der Waals surface area contributed by atoms with E-state index in [4.69, 9.17) is 4.98 Å². The molecule has 4 nitrogen and oxygen atoms in total. The second kappa shape index (κ2) is 4.26. The summed E-state index contributed by atoms with van der Waals surface area (Å²) in [6, 6.07) is 2.13. The van der Waals surface area contributed by atoms with Crippen LogP contribution in [0, 0.1) is 5.92 Å². The first kappa shape index (κ1) is 11.5. The van der Waals surface area contributed by atoms with E-state index in [1.54, 1.807) is 0 Å². The van der Waals surface area contributed by atoms with Crippen molar-refractivity contribution in [1.29, 1.82) is 0 Å². The number of aryl methyl sites for hydroxylation is 3. The molecule has 0 radical (unpaired) electrons. The van der Waals surface area contributed by atoms with Gasteiger partial charge in [-0.15, -0.1) is 0 Å². The maximum absolute atomic E-state index is 4.75. The topological polar surface area (TPSA) is 46.5 Å². The van der Waals surface area contributed by atoms with Gasteiger partial charge in [-0.1, -0.05) is 13.8 Å². The van der Waals surface area contributed by atoms with Crippen LogP contribution in [0.2, 0.25) is 0 Å². The summed E-state index contributed by atoms with van der Waals surface area (Å²) in [6.07, 6.45) is 4.44. The Bertz CT molecular complexity index is 564. The number of imidazole rings is 1. The van der Waals surface area contributed by atoms with Crippen molar-refractivity contribution in [3.05, 3.63) is 23.1 Å². The van der Waals surface area contributed by atoms with Crippen molar-refractivity contribution in [1.82, 2.24) is 19.7 Å². The summed E-state index contributed by atoms with van der Waals surface area (Å²) in [7, 11) is 1.98. The van der Waals surface area contributed by atoms with E-state index in [0.717, 1.165) is 42.4 Å². The van der Waals surface area contributed by atoms with Crippen LogP contribution >= 0.6 is 0 Å². The third-order valence-electron chi connectivity index (χ3n) is 3.83. The summed E-state index contributed by atoms with van der Waals surface area (Å²) in [4.78, 5) is 8.23. The van der Waals surface area contributed by atoms with Crippen LogP contribution in [0.3, 0.4) is 0 Å². The Morgan fingerprint density at radius 2 is 2.33 bits per heavy atom. The number of hydrogen-bond acceptors (Lipinski definition) is 2. The Labute approximate surface area is 107 Å². The molecular formula is C14H20N4. The van der Waals surface area contributed by atoms with Crippen molar-refractivity contribution in [3.8, 4) is 11.5 Å². The Morgan fingerprint density at radius 1 is 1.50 bits per heavy atom. The molecule has 1 atom stereocenters. The maximum Gasteiger partial charge on any atom is 0.156 e. The summed E-state index contributed by atoms with van der Waals surface area (Å²) < 4.78 is 1.92. The fraction of sp³-hybridized carbons (Fsp3) is 0.571. The van der Waals surface area contributed by atoms with Gasteiger partial charge >= 0.3 is 0 Å². The maximum atomic E-state index is 4.75. The van der Waals surface area contributed by atoms with Gasteiger partial charge in [0.1, 0.15) is 5.69 Å². The minimum absolute atomic E-state index is 0.767. The second-order valence-corrected chi connectivity index (χ2v) is 5.36. The predicted molar refractivity (Wildman–Crippen MR) is 71.4 cm³/mol. The van der Waals surface area contributed by atoms with Crippen molar-refractivity contribution < 1.29 is 0 Å². The van der Waals surface area contributed by atoms with Gasteiger partial charge in [-0.05, 0) is 37.7 Å².